The predicted molar refractivity (Wildman–Crippen MR) is 110 cm³/mol. The summed E-state index contributed by atoms with van der Waals surface area (Å²) in [6.07, 6.45) is 4.39. The van der Waals surface area contributed by atoms with Crippen molar-refractivity contribution in [1.29, 1.82) is 0 Å². The number of carbonyl (C=O) groups excluding carboxylic acids is 1. The van der Waals surface area contributed by atoms with E-state index < -0.39 is 0 Å². The lowest BCUT2D eigenvalue weighted by molar-refractivity contribution is 0.0877. The molecule has 0 radical (unpaired) electrons. The van der Waals surface area contributed by atoms with Crippen LogP contribution in [0.5, 0.6) is 0 Å². The maximum absolute atomic E-state index is 12.5. The Bertz CT molecular complexity index is 793. The molecule has 5 nitrogen and oxygen atoms in total. The van der Waals surface area contributed by atoms with Crippen LogP contribution in [0.3, 0.4) is 0 Å². The summed E-state index contributed by atoms with van der Waals surface area (Å²) in [5.74, 6) is 1.20. The van der Waals surface area contributed by atoms with E-state index in [-0.39, 0.29) is 11.9 Å². The fraction of sp³-hybridized carbons (Fsp3) is 0.500. The zero-order valence-corrected chi connectivity index (χ0v) is 17.0. The molecule has 28 heavy (non-hydrogen) atoms. The summed E-state index contributed by atoms with van der Waals surface area (Å²) in [7, 11) is 0. The van der Waals surface area contributed by atoms with Crippen molar-refractivity contribution in [2.24, 2.45) is 0 Å². The summed E-state index contributed by atoms with van der Waals surface area (Å²) in [4.78, 5) is 17.3. The Morgan fingerprint density at radius 1 is 1.00 bits per heavy atom. The van der Waals surface area contributed by atoms with E-state index in [9.17, 15) is 4.79 Å². The van der Waals surface area contributed by atoms with Crippen molar-refractivity contribution < 1.29 is 9.21 Å². The summed E-state index contributed by atoms with van der Waals surface area (Å²) in [5.41, 5.74) is 1.16. The van der Waals surface area contributed by atoms with Gasteiger partial charge in [-0.2, -0.15) is 0 Å². The van der Waals surface area contributed by atoms with Crippen LogP contribution in [0.2, 0.25) is 5.02 Å². The third-order valence-electron chi connectivity index (χ3n) is 5.74. The molecule has 0 unspecified atom stereocenters. The van der Waals surface area contributed by atoms with E-state index >= 15 is 0 Å². The smallest absolute Gasteiger partial charge is 0.287 e. The van der Waals surface area contributed by atoms with Crippen molar-refractivity contribution in [3.05, 3.63) is 58.5 Å². The number of amides is 1. The molecule has 150 valence electrons. The van der Waals surface area contributed by atoms with Gasteiger partial charge in [-0.25, -0.2) is 0 Å². The Kier molecular flexibility index (Phi) is 6.35. The lowest BCUT2D eigenvalue weighted by atomic mass is 10.0. The maximum Gasteiger partial charge on any atom is 0.287 e. The van der Waals surface area contributed by atoms with E-state index in [0.29, 0.717) is 5.76 Å². The first-order valence-electron chi connectivity index (χ1n) is 10.2. The number of carbonyl (C=O) groups is 1. The van der Waals surface area contributed by atoms with Crippen LogP contribution in [0.1, 0.15) is 47.6 Å². The van der Waals surface area contributed by atoms with Gasteiger partial charge in [0.15, 0.2) is 5.76 Å². The van der Waals surface area contributed by atoms with Gasteiger partial charge >= 0.3 is 0 Å². The molecule has 3 heterocycles. The minimum atomic E-state index is -0.0998. The average molecular weight is 402 g/mol. The van der Waals surface area contributed by atoms with E-state index in [1.54, 1.807) is 6.07 Å². The summed E-state index contributed by atoms with van der Waals surface area (Å²) in [6, 6.07) is 11.9. The maximum atomic E-state index is 12.5. The van der Waals surface area contributed by atoms with Crippen LogP contribution in [0, 0.1) is 0 Å². The molecule has 1 N–H and O–H groups in total. The molecule has 1 amide bonds. The normalized spacial score (nSPS) is 19.2. The van der Waals surface area contributed by atoms with Crippen LogP contribution < -0.4 is 5.32 Å². The zero-order chi connectivity index (χ0) is 19.3. The highest BCUT2D eigenvalue weighted by Gasteiger charge is 2.23. The number of furan rings is 1. The summed E-state index contributed by atoms with van der Waals surface area (Å²) in [6.45, 7) is 5.80. The molecule has 0 aliphatic carbocycles. The molecule has 6 heteroatoms. The van der Waals surface area contributed by atoms with Gasteiger partial charge in [-0.15, -0.1) is 0 Å². The van der Waals surface area contributed by atoms with Gasteiger partial charge in [0.2, 0.25) is 0 Å². The molecule has 0 spiro atoms. The van der Waals surface area contributed by atoms with Crippen LogP contribution in [0.15, 0.2) is 40.8 Å². The Morgan fingerprint density at radius 2 is 1.71 bits per heavy atom. The molecule has 2 aromatic rings. The zero-order valence-electron chi connectivity index (χ0n) is 16.2. The number of piperidine rings is 1. The van der Waals surface area contributed by atoms with Gasteiger partial charge in [-0.3, -0.25) is 14.6 Å². The Morgan fingerprint density at radius 3 is 2.46 bits per heavy atom. The van der Waals surface area contributed by atoms with Crippen LogP contribution in [0.4, 0.5) is 0 Å². The summed E-state index contributed by atoms with van der Waals surface area (Å²) in [5, 5.41) is 3.96. The molecule has 2 aliphatic rings. The number of halogens is 1. The number of likely N-dealkylation sites (tertiary alicyclic amines) is 2. The van der Waals surface area contributed by atoms with Crippen molar-refractivity contribution in [2.75, 3.05) is 26.2 Å². The fourth-order valence-corrected chi connectivity index (χ4v) is 4.30. The minimum absolute atomic E-state index is 0.0998. The Balaban J connectivity index is 1.24. The lowest BCUT2D eigenvalue weighted by Gasteiger charge is -2.32. The molecule has 2 saturated heterocycles. The molecule has 1 aromatic heterocycles. The van der Waals surface area contributed by atoms with Gasteiger partial charge in [0, 0.05) is 30.7 Å². The number of hydrogen-bond acceptors (Lipinski definition) is 4. The third kappa shape index (κ3) is 4.96. The number of hydrogen-bond donors (Lipinski definition) is 1. The second-order valence-electron chi connectivity index (χ2n) is 7.86. The molecule has 0 saturated carbocycles. The topological polar surface area (TPSA) is 48.7 Å². The number of nitrogens with zero attached hydrogens (tertiary/aromatic N) is 2. The van der Waals surface area contributed by atoms with Crippen LogP contribution in [-0.2, 0) is 13.1 Å². The Labute approximate surface area is 171 Å². The molecular formula is C22H28ClN3O2. The average Bonchev–Trinajstić information content (AvgIpc) is 3.38. The highest BCUT2D eigenvalue weighted by molar-refractivity contribution is 6.31. The van der Waals surface area contributed by atoms with E-state index in [4.69, 9.17) is 16.0 Å². The molecule has 4 rings (SSSR count). The van der Waals surface area contributed by atoms with Gasteiger partial charge in [0.1, 0.15) is 5.76 Å². The lowest BCUT2D eigenvalue weighted by Crippen LogP contribution is -2.44. The quantitative estimate of drug-likeness (QED) is 0.796. The van der Waals surface area contributed by atoms with E-state index in [2.05, 4.69) is 21.2 Å². The van der Waals surface area contributed by atoms with Gasteiger partial charge in [-0.1, -0.05) is 29.8 Å². The highest BCUT2D eigenvalue weighted by Crippen LogP contribution is 2.20. The van der Waals surface area contributed by atoms with Crippen molar-refractivity contribution in [1.82, 2.24) is 15.1 Å². The van der Waals surface area contributed by atoms with E-state index in [0.717, 1.165) is 68.5 Å². The van der Waals surface area contributed by atoms with Crippen molar-refractivity contribution in [2.45, 2.75) is 44.8 Å². The van der Waals surface area contributed by atoms with Crippen molar-refractivity contribution in [3.8, 4) is 0 Å². The SMILES string of the molecule is O=C(NC1CCN(Cc2ccccc2Cl)CC1)c1ccc(CN2CCCC2)o1. The molecule has 0 bridgehead atoms. The minimum Gasteiger partial charge on any atom is -0.455 e. The predicted octanol–water partition coefficient (Wildman–Crippen LogP) is 3.92. The van der Waals surface area contributed by atoms with E-state index in [1.165, 1.54) is 12.8 Å². The standard InChI is InChI=1S/C22H28ClN3O2/c23-20-6-2-1-5-17(20)15-26-13-9-18(10-14-26)24-22(27)21-8-7-19(28-21)16-25-11-3-4-12-25/h1-2,5-8,18H,3-4,9-16H2,(H,24,27). The third-order valence-corrected chi connectivity index (χ3v) is 6.11. The molecular weight excluding hydrogens is 374 g/mol. The summed E-state index contributed by atoms with van der Waals surface area (Å²) < 4.78 is 5.78. The van der Waals surface area contributed by atoms with Crippen LogP contribution in [0.25, 0.3) is 0 Å². The highest BCUT2D eigenvalue weighted by atomic mass is 35.5. The van der Waals surface area contributed by atoms with E-state index in [1.807, 2.05) is 24.3 Å². The largest absolute Gasteiger partial charge is 0.455 e. The first-order valence-corrected chi connectivity index (χ1v) is 10.6. The van der Waals surface area contributed by atoms with Crippen LogP contribution >= 0.6 is 11.6 Å². The van der Waals surface area contributed by atoms with Crippen molar-refractivity contribution >= 4 is 17.5 Å². The first kappa shape index (κ1) is 19.5. The van der Waals surface area contributed by atoms with Gasteiger partial charge in [0.25, 0.3) is 5.91 Å². The number of nitrogens with one attached hydrogen (secondary N) is 1. The van der Waals surface area contributed by atoms with Gasteiger partial charge < -0.3 is 9.73 Å². The first-order chi connectivity index (χ1) is 13.7. The number of rotatable bonds is 6. The van der Waals surface area contributed by atoms with Crippen molar-refractivity contribution in [3.63, 3.8) is 0 Å². The molecule has 0 atom stereocenters. The molecule has 2 fully saturated rings. The number of benzene rings is 1. The second-order valence-corrected chi connectivity index (χ2v) is 8.27. The monoisotopic (exact) mass is 401 g/mol. The van der Waals surface area contributed by atoms with Gasteiger partial charge in [0.05, 0.1) is 6.54 Å². The Hall–Kier alpha value is -1.82. The van der Waals surface area contributed by atoms with Gasteiger partial charge in [-0.05, 0) is 62.5 Å². The van der Waals surface area contributed by atoms with Crippen LogP contribution in [-0.4, -0.2) is 47.9 Å². The molecule has 2 aliphatic heterocycles. The molecule has 1 aromatic carbocycles. The fourth-order valence-electron chi connectivity index (χ4n) is 4.11. The summed E-state index contributed by atoms with van der Waals surface area (Å²) >= 11 is 6.27. The second kappa shape index (κ2) is 9.12.